The van der Waals surface area contributed by atoms with Crippen LogP contribution in [-0.2, 0) is 9.59 Å². The first-order valence-electron chi connectivity index (χ1n) is 10.5. The number of hydrogen-bond acceptors (Lipinski definition) is 4. The third-order valence-electron chi connectivity index (χ3n) is 6.21. The van der Waals surface area contributed by atoms with Crippen LogP contribution in [-0.4, -0.2) is 56.8 Å². The molecule has 1 aromatic heterocycles. The quantitative estimate of drug-likeness (QED) is 0.701. The highest BCUT2D eigenvalue weighted by molar-refractivity contribution is 6.07. The number of benzene rings is 2. The molecule has 2 unspecified atom stereocenters. The molecule has 2 aromatic carbocycles. The maximum atomic E-state index is 14.3. The number of aliphatic hydroxyl groups excluding tert-OH is 1. The Kier molecular flexibility index (Phi) is 4.74. The second-order valence-electron chi connectivity index (χ2n) is 8.30. The largest absolute Gasteiger partial charge is 0.393 e. The molecular weight excluding hydrogens is 399 g/mol. The molecule has 2 saturated heterocycles. The summed E-state index contributed by atoms with van der Waals surface area (Å²) in [6.07, 6.45) is 1.68. The topological polar surface area (TPSA) is 78.7 Å². The summed E-state index contributed by atoms with van der Waals surface area (Å²) in [4.78, 5) is 29.2. The van der Waals surface area contributed by atoms with Crippen molar-refractivity contribution in [2.24, 2.45) is 5.92 Å². The fraction of sp³-hybridized carbons (Fsp3) is 0.348. The molecule has 2 aliphatic rings. The molecule has 3 aromatic rings. The van der Waals surface area contributed by atoms with E-state index in [-0.39, 0.29) is 30.0 Å². The highest BCUT2D eigenvalue weighted by Crippen LogP contribution is 2.38. The van der Waals surface area contributed by atoms with E-state index in [1.54, 1.807) is 41.1 Å². The molecule has 0 radical (unpaired) electrons. The first-order chi connectivity index (χ1) is 15.0. The van der Waals surface area contributed by atoms with Crippen LogP contribution in [0.2, 0.25) is 0 Å². The SMILES string of the molecule is C[C@@H](O)CC(=O)N1CCC2CN(c3cccc4c3cnn4-c3ccccc3F)C(=O)C21. The van der Waals surface area contributed by atoms with Crippen LogP contribution in [0.3, 0.4) is 0 Å². The van der Waals surface area contributed by atoms with Gasteiger partial charge in [-0.05, 0) is 37.6 Å². The second-order valence-corrected chi connectivity index (χ2v) is 8.30. The third kappa shape index (κ3) is 3.18. The number of halogens is 1. The van der Waals surface area contributed by atoms with Gasteiger partial charge in [-0.15, -0.1) is 0 Å². The standard InChI is InChI=1S/C23H23FN4O3/c1-14(29)11-21(30)26-10-9-15-13-27(23(31)22(15)26)18-7-4-8-19-16(18)12-25-28(19)20-6-3-2-5-17(20)24/h2-8,12,14-15,22,29H,9-11,13H2,1H3/t14-,15?,22?/m1/s1. The van der Waals surface area contributed by atoms with Gasteiger partial charge in [0, 0.05) is 24.4 Å². The summed E-state index contributed by atoms with van der Waals surface area (Å²) in [6.45, 7) is 2.63. The first-order valence-corrected chi connectivity index (χ1v) is 10.5. The minimum absolute atomic E-state index is 0.0154. The van der Waals surface area contributed by atoms with Crippen LogP contribution in [0.1, 0.15) is 19.8 Å². The van der Waals surface area contributed by atoms with E-state index < -0.39 is 12.1 Å². The molecule has 0 saturated carbocycles. The van der Waals surface area contributed by atoms with Gasteiger partial charge in [0.2, 0.25) is 11.8 Å². The van der Waals surface area contributed by atoms with Crippen LogP contribution in [0.25, 0.3) is 16.6 Å². The van der Waals surface area contributed by atoms with Gasteiger partial charge < -0.3 is 14.9 Å². The van der Waals surface area contributed by atoms with E-state index >= 15 is 0 Å². The molecule has 2 fully saturated rings. The van der Waals surface area contributed by atoms with Crippen LogP contribution >= 0.6 is 0 Å². The predicted molar refractivity (Wildman–Crippen MR) is 113 cm³/mol. The van der Waals surface area contributed by atoms with E-state index in [4.69, 9.17) is 0 Å². The summed E-state index contributed by atoms with van der Waals surface area (Å²) >= 11 is 0. The number of amides is 2. The number of para-hydroxylation sites is 1. The number of aromatic nitrogens is 2. The summed E-state index contributed by atoms with van der Waals surface area (Å²) in [5.41, 5.74) is 1.76. The van der Waals surface area contributed by atoms with E-state index in [0.29, 0.717) is 30.0 Å². The lowest BCUT2D eigenvalue weighted by Crippen LogP contribution is -2.44. The molecule has 1 N–H and O–H groups in total. The maximum Gasteiger partial charge on any atom is 0.250 e. The molecule has 8 heteroatoms. The summed E-state index contributed by atoms with van der Waals surface area (Å²) in [5.74, 6) is -0.630. The highest BCUT2D eigenvalue weighted by Gasteiger charge is 2.50. The lowest BCUT2D eigenvalue weighted by molar-refractivity contribution is -0.138. The normalized spacial score (nSPS) is 21.7. The number of hydrogen-bond donors (Lipinski definition) is 1. The smallest absolute Gasteiger partial charge is 0.250 e. The van der Waals surface area contributed by atoms with Gasteiger partial charge in [0.15, 0.2) is 0 Å². The van der Waals surface area contributed by atoms with Crippen LogP contribution in [0.5, 0.6) is 0 Å². The number of nitrogens with zero attached hydrogens (tertiary/aromatic N) is 4. The van der Waals surface area contributed by atoms with Crippen molar-refractivity contribution in [2.45, 2.75) is 31.9 Å². The number of aliphatic hydroxyl groups is 1. The van der Waals surface area contributed by atoms with Crippen LogP contribution in [0.4, 0.5) is 10.1 Å². The number of anilines is 1. The summed E-state index contributed by atoms with van der Waals surface area (Å²) in [6, 6.07) is 11.5. The van der Waals surface area contributed by atoms with Gasteiger partial charge in [-0.3, -0.25) is 9.59 Å². The van der Waals surface area contributed by atoms with Crippen molar-refractivity contribution < 1.29 is 19.1 Å². The molecule has 160 valence electrons. The van der Waals surface area contributed by atoms with Gasteiger partial charge in [-0.2, -0.15) is 5.10 Å². The molecule has 3 heterocycles. The fourth-order valence-electron chi connectivity index (χ4n) is 4.82. The number of carbonyl (C=O) groups excluding carboxylic acids is 2. The van der Waals surface area contributed by atoms with Gasteiger partial charge in [-0.1, -0.05) is 18.2 Å². The molecule has 0 bridgehead atoms. The van der Waals surface area contributed by atoms with E-state index in [2.05, 4.69) is 5.10 Å². The Balaban J connectivity index is 1.49. The summed E-state index contributed by atoms with van der Waals surface area (Å²) in [5, 5.41) is 14.7. The lowest BCUT2D eigenvalue weighted by Gasteiger charge is -2.25. The maximum absolute atomic E-state index is 14.3. The molecule has 2 amide bonds. The van der Waals surface area contributed by atoms with E-state index in [9.17, 15) is 19.1 Å². The predicted octanol–water partition coefficient (Wildman–Crippen LogP) is 2.50. The molecule has 7 nitrogen and oxygen atoms in total. The zero-order valence-corrected chi connectivity index (χ0v) is 17.1. The Morgan fingerprint density at radius 1 is 1.23 bits per heavy atom. The highest BCUT2D eigenvalue weighted by atomic mass is 19.1. The van der Waals surface area contributed by atoms with Gasteiger partial charge >= 0.3 is 0 Å². The Morgan fingerprint density at radius 2 is 2.00 bits per heavy atom. The number of likely N-dealkylation sites (tertiary alicyclic amines) is 1. The van der Waals surface area contributed by atoms with E-state index in [1.807, 2.05) is 18.2 Å². The Labute approximate surface area is 178 Å². The Bertz CT molecular complexity index is 1170. The fourth-order valence-corrected chi connectivity index (χ4v) is 4.82. The molecule has 5 rings (SSSR count). The minimum Gasteiger partial charge on any atom is -0.393 e. The molecule has 0 spiro atoms. The molecule has 2 aliphatic heterocycles. The molecular formula is C23H23FN4O3. The monoisotopic (exact) mass is 422 g/mol. The number of rotatable bonds is 4. The molecule has 0 aliphatic carbocycles. The first kappa shape index (κ1) is 19.7. The average Bonchev–Trinajstić information content (AvgIpc) is 3.43. The molecule has 31 heavy (non-hydrogen) atoms. The van der Waals surface area contributed by atoms with Crippen molar-refractivity contribution in [1.82, 2.24) is 14.7 Å². The zero-order valence-electron chi connectivity index (χ0n) is 17.1. The van der Waals surface area contributed by atoms with Gasteiger partial charge in [0.1, 0.15) is 17.5 Å². The van der Waals surface area contributed by atoms with Crippen molar-refractivity contribution in [3.63, 3.8) is 0 Å². The van der Waals surface area contributed by atoms with Crippen LogP contribution < -0.4 is 4.90 Å². The third-order valence-corrected chi connectivity index (χ3v) is 6.21. The number of fused-ring (bicyclic) bond motifs is 2. The van der Waals surface area contributed by atoms with Gasteiger partial charge in [0.25, 0.3) is 0 Å². The van der Waals surface area contributed by atoms with Crippen LogP contribution in [0, 0.1) is 11.7 Å². The minimum atomic E-state index is -0.739. The Morgan fingerprint density at radius 3 is 2.77 bits per heavy atom. The van der Waals surface area contributed by atoms with Crippen molar-refractivity contribution in [1.29, 1.82) is 0 Å². The van der Waals surface area contributed by atoms with Gasteiger partial charge in [-0.25, -0.2) is 9.07 Å². The van der Waals surface area contributed by atoms with E-state index in [0.717, 1.165) is 11.8 Å². The lowest BCUT2D eigenvalue weighted by atomic mass is 10.0. The number of carbonyl (C=O) groups is 2. The van der Waals surface area contributed by atoms with Crippen molar-refractivity contribution in [3.8, 4) is 5.69 Å². The molecule has 3 atom stereocenters. The summed E-state index contributed by atoms with van der Waals surface area (Å²) < 4.78 is 15.9. The second kappa shape index (κ2) is 7.46. The van der Waals surface area contributed by atoms with Crippen LogP contribution in [0.15, 0.2) is 48.7 Å². The van der Waals surface area contributed by atoms with E-state index in [1.165, 1.54) is 10.7 Å². The average molecular weight is 422 g/mol. The zero-order chi connectivity index (χ0) is 21.7. The summed E-state index contributed by atoms with van der Waals surface area (Å²) in [7, 11) is 0. The van der Waals surface area contributed by atoms with Crippen molar-refractivity contribution in [2.75, 3.05) is 18.0 Å². The van der Waals surface area contributed by atoms with Gasteiger partial charge in [0.05, 0.1) is 29.9 Å². The van der Waals surface area contributed by atoms with Crippen molar-refractivity contribution >= 4 is 28.4 Å². The van der Waals surface area contributed by atoms with Crippen molar-refractivity contribution in [3.05, 3.63) is 54.5 Å². The Hall–Kier alpha value is -3.26.